The van der Waals surface area contributed by atoms with Gasteiger partial charge in [0.1, 0.15) is 23.6 Å². The molecule has 0 aliphatic carbocycles. The maximum atomic E-state index is 13.6. The van der Waals surface area contributed by atoms with Crippen LogP contribution in [0.15, 0.2) is 36.4 Å². The molecule has 1 aliphatic rings. The number of ether oxygens (including phenoxy) is 2. The van der Waals surface area contributed by atoms with Crippen molar-refractivity contribution in [3.05, 3.63) is 53.2 Å². The molecule has 1 aromatic heterocycles. The van der Waals surface area contributed by atoms with Crippen LogP contribution in [0.3, 0.4) is 0 Å². The van der Waals surface area contributed by atoms with Gasteiger partial charge in [0.15, 0.2) is 0 Å². The Hall–Kier alpha value is -3.20. The predicted molar refractivity (Wildman–Crippen MR) is 115 cm³/mol. The first kappa shape index (κ1) is 23.5. The molecule has 2 amide bonds. The van der Waals surface area contributed by atoms with Gasteiger partial charge in [-0.25, -0.2) is 14.2 Å². The first-order chi connectivity index (χ1) is 15.0. The lowest BCUT2D eigenvalue weighted by atomic mass is 10.2. The molecule has 0 radical (unpaired) electrons. The fraction of sp³-hybridized carbons (Fsp3) is 0.435. The summed E-state index contributed by atoms with van der Waals surface area (Å²) in [5.74, 6) is 0.307. The number of β-amino-alcohol motifs (C(OH)–C–C–N with tert-alkyl or cyclic N) is 1. The number of amides is 2. The number of pyridine rings is 1. The van der Waals surface area contributed by atoms with Crippen molar-refractivity contribution in [1.29, 1.82) is 0 Å². The van der Waals surface area contributed by atoms with Gasteiger partial charge in [0, 0.05) is 30.4 Å². The Balaban J connectivity index is 1.68. The fourth-order valence-electron chi connectivity index (χ4n) is 3.26. The minimum Gasteiger partial charge on any atom is -0.444 e. The Morgan fingerprint density at radius 1 is 1.25 bits per heavy atom. The number of rotatable bonds is 5. The van der Waals surface area contributed by atoms with Crippen LogP contribution in [0.4, 0.5) is 9.18 Å². The van der Waals surface area contributed by atoms with Gasteiger partial charge >= 0.3 is 6.09 Å². The molecule has 3 rings (SSSR count). The van der Waals surface area contributed by atoms with E-state index in [1.165, 1.54) is 4.90 Å². The molecule has 1 aromatic carbocycles. The molecule has 0 bridgehead atoms. The van der Waals surface area contributed by atoms with E-state index in [4.69, 9.17) is 9.47 Å². The first-order valence-corrected chi connectivity index (χ1v) is 10.3. The van der Waals surface area contributed by atoms with E-state index in [1.807, 2.05) is 6.07 Å². The predicted octanol–water partition coefficient (Wildman–Crippen LogP) is 3.36. The first-order valence-electron chi connectivity index (χ1n) is 10.3. The number of likely N-dealkylation sites (tertiary alicyclic amines) is 1. The number of aromatic nitrogens is 1. The standard InChI is InChI=1S/C23H28FN3O5/c1-14-8-15(11-25-22(30)32-23(2,3)4)9-20(26-14)31-17-7-5-6-16(10-17)21(29)27-12-18(24)19(28)13-27/h5-10,18-19,28H,11-13H2,1-4H3,(H,25,30)/t18-,19-/m1/s1. The second kappa shape index (κ2) is 9.52. The van der Waals surface area contributed by atoms with Crippen LogP contribution in [0.1, 0.15) is 42.4 Å². The third kappa shape index (κ3) is 6.40. The van der Waals surface area contributed by atoms with Gasteiger partial charge in [-0.1, -0.05) is 6.07 Å². The molecule has 1 aliphatic heterocycles. The maximum absolute atomic E-state index is 13.6. The van der Waals surface area contributed by atoms with Gasteiger partial charge in [0.05, 0.1) is 6.54 Å². The number of aryl methyl sites for hydroxylation is 1. The number of hydrogen-bond donors (Lipinski definition) is 2. The van der Waals surface area contributed by atoms with Crippen LogP contribution in [0.2, 0.25) is 0 Å². The van der Waals surface area contributed by atoms with Crippen molar-refractivity contribution >= 4 is 12.0 Å². The summed E-state index contributed by atoms with van der Waals surface area (Å²) >= 11 is 0. The highest BCUT2D eigenvalue weighted by atomic mass is 19.1. The van der Waals surface area contributed by atoms with E-state index in [0.717, 1.165) is 5.56 Å². The zero-order valence-corrected chi connectivity index (χ0v) is 18.6. The number of benzene rings is 1. The average molecular weight is 445 g/mol. The zero-order valence-electron chi connectivity index (χ0n) is 18.6. The second-order valence-corrected chi connectivity index (χ2v) is 8.73. The highest BCUT2D eigenvalue weighted by Gasteiger charge is 2.34. The van der Waals surface area contributed by atoms with E-state index in [-0.39, 0.29) is 25.5 Å². The van der Waals surface area contributed by atoms with E-state index in [2.05, 4.69) is 10.3 Å². The van der Waals surface area contributed by atoms with Gasteiger partial charge in [-0.2, -0.15) is 0 Å². The Morgan fingerprint density at radius 3 is 2.66 bits per heavy atom. The molecule has 32 heavy (non-hydrogen) atoms. The van der Waals surface area contributed by atoms with Crippen LogP contribution in [0.25, 0.3) is 0 Å². The van der Waals surface area contributed by atoms with Crippen LogP contribution < -0.4 is 10.1 Å². The fourth-order valence-corrected chi connectivity index (χ4v) is 3.26. The Morgan fingerprint density at radius 2 is 2.00 bits per heavy atom. The van der Waals surface area contributed by atoms with Crippen LogP contribution in [-0.2, 0) is 11.3 Å². The Bertz CT molecular complexity index is 982. The number of hydrogen-bond acceptors (Lipinski definition) is 6. The van der Waals surface area contributed by atoms with Crippen molar-refractivity contribution in [3.8, 4) is 11.6 Å². The smallest absolute Gasteiger partial charge is 0.407 e. The molecule has 0 spiro atoms. The molecule has 1 saturated heterocycles. The largest absolute Gasteiger partial charge is 0.444 e. The van der Waals surface area contributed by atoms with Gasteiger partial charge < -0.3 is 24.8 Å². The molecule has 9 heteroatoms. The highest BCUT2D eigenvalue weighted by Crippen LogP contribution is 2.24. The van der Waals surface area contributed by atoms with Gasteiger partial charge in [0.25, 0.3) is 5.91 Å². The minimum atomic E-state index is -1.44. The van der Waals surface area contributed by atoms with Crippen LogP contribution in [0.5, 0.6) is 11.6 Å². The Kier molecular flexibility index (Phi) is 6.98. The molecule has 2 N–H and O–H groups in total. The number of halogens is 1. The van der Waals surface area contributed by atoms with E-state index in [0.29, 0.717) is 22.9 Å². The molecule has 172 valence electrons. The van der Waals surface area contributed by atoms with Crippen LogP contribution in [-0.4, -0.2) is 58.0 Å². The number of alkyl carbamates (subject to hydrolysis) is 1. The summed E-state index contributed by atoms with van der Waals surface area (Å²) < 4.78 is 24.6. The summed E-state index contributed by atoms with van der Waals surface area (Å²) in [6.45, 7) is 7.21. The minimum absolute atomic E-state index is 0.0431. The summed E-state index contributed by atoms with van der Waals surface area (Å²) in [7, 11) is 0. The number of nitrogens with zero attached hydrogens (tertiary/aromatic N) is 2. The van der Waals surface area contributed by atoms with Crippen LogP contribution in [0, 0.1) is 6.92 Å². The normalized spacial score (nSPS) is 18.4. The van der Waals surface area contributed by atoms with E-state index in [1.54, 1.807) is 58.0 Å². The number of aliphatic hydroxyl groups excluding tert-OH is 1. The van der Waals surface area contributed by atoms with Gasteiger partial charge in [-0.3, -0.25) is 4.79 Å². The lowest BCUT2D eigenvalue weighted by Gasteiger charge is -2.19. The molecule has 2 heterocycles. The SMILES string of the molecule is Cc1cc(CNC(=O)OC(C)(C)C)cc(Oc2cccc(C(=O)N3C[C@@H](O)[C@H](F)C3)c2)n1. The third-order valence-electron chi connectivity index (χ3n) is 4.64. The van der Waals surface area contributed by atoms with Crippen molar-refractivity contribution in [2.45, 2.75) is 52.1 Å². The van der Waals surface area contributed by atoms with E-state index >= 15 is 0 Å². The zero-order chi connectivity index (χ0) is 23.5. The number of nitrogens with one attached hydrogen (secondary N) is 1. The maximum Gasteiger partial charge on any atom is 0.407 e. The summed E-state index contributed by atoms with van der Waals surface area (Å²) in [4.78, 5) is 30.1. The van der Waals surface area contributed by atoms with Crippen molar-refractivity contribution in [2.75, 3.05) is 13.1 Å². The molecule has 8 nitrogen and oxygen atoms in total. The molecular weight excluding hydrogens is 417 g/mol. The quantitative estimate of drug-likeness (QED) is 0.732. The van der Waals surface area contributed by atoms with Gasteiger partial charge in [-0.05, 0) is 57.5 Å². The Labute approximate surface area is 186 Å². The lowest BCUT2D eigenvalue weighted by Crippen LogP contribution is -2.32. The monoisotopic (exact) mass is 445 g/mol. The third-order valence-corrected chi connectivity index (χ3v) is 4.64. The van der Waals surface area contributed by atoms with Crippen LogP contribution >= 0.6 is 0 Å². The van der Waals surface area contributed by atoms with Crippen molar-refractivity contribution in [3.63, 3.8) is 0 Å². The highest BCUT2D eigenvalue weighted by molar-refractivity contribution is 5.94. The topological polar surface area (TPSA) is 101 Å². The van der Waals surface area contributed by atoms with Crippen molar-refractivity contribution in [1.82, 2.24) is 15.2 Å². The molecule has 2 atom stereocenters. The number of alkyl halides is 1. The molecule has 0 saturated carbocycles. The molecule has 2 aromatic rings. The molecule has 0 unspecified atom stereocenters. The van der Waals surface area contributed by atoms with E-state index in [9.17, 15) is 19.1 Å². The van der Waals surface area contributed by atoms with Gasteiger partial charge in [-0.15, -0.1) is 0 Å². The van der Waals surface area contributed by atoms with Crippen molar-refractivity contribution in [2.24, 2.45) is 0 Å². The number of aliphatic hydroxyl groups is 1. The summed E-state index contributed by atoms with van der Waals surface area (Å²) in [5.41, 5.74) is 1.19. The lowest BCUT2D eigenvalue weighted by molar-refractivity contribution is 0.0523. The second-order valence-electron chi connectivity index (χ2n) is 8.73. The summed E-state index contributed by atoms with van der Waals surface area (Å²) in [6.07, 6.45) is -3.13. The molecule has 1 fully saturated rings. The average Bonchev–Trinajstić information content (AvgIpc) is 3.03. The van der Waals surface area contributed by atoms with Gasteiger partial charge in [0.2, 0.25) is 5.88 Å². The molecular formula is C23H28FN3O5. The summed E-state index contributed by atoms with van der Waals surface area (Å²) in [5, 5.41) is 12.3. The van der Waals surface area contributed by atoms with E-state index < -0.39 is 24.0 Å². The van der Waals surface area contributed by atoms with Crippen molar-refractivity contribution < 1.29 is 28.6 Å². The summed E-state index contributed by atoms with van der Waals surface area (Å²) in [6, 6.07) is 9.98. The number of carbonyl (C=O) groups excluding carboxylic acids is 2. The number of carbonyl (C=O) groups is 2.